The van der Waals surface area contributed by atoms with Crippen LogP contribution in [0.3, 0.4) is 0 Å². The lowest BCUT2D eigenvalue weighted by Gasteiger charge is -2.26. The minimum atomic E-state index is 0.118. The van der Waals surface area contributed by atoms with Gasteiger partial charge < -0.3 is 28.3 Å². The fraction of sp³-hybridized carbons (Fsp3) is 0.345. The molecule has 0 spiro atoms. The Morgan fingerprint density at radius 2 is 1.70 bits per heavy atom. The van der Waals surface area contributed by atoms with Gasteiger partial charge in [0.05, 0.1) is 6.61 Å². The number of rotatable bonds is 11. The average Bonchev–Trinajstić information content (AvgIpc) is 3.36. The number of ether oxygens (including phenoxy) is 4. The van der Waals surface area contributed by atoms with E-state index in [1.54, 1.807) is 19.2 Å². The van der Waals surface area contributed by atoms with E-state index in [0.717, 1.165) is 24.0 Å². The first-order valence-corrected chi connectivity index (χ1v) is 13.0. The first-order chi connectivity index (χ1) is 18.2. The predicted molar refractivity (Wildman–Crippen MR) is 144 cm³/mol. The predicted octanol–water partition coefficient (Wildman–Crippen LogP) is 7.18. The van der Waals surface area contributed by atoms with Crippen LogP contribution >= 0.6 is 11.6 Å². The van der Waals surface area contributed by atoms with Gasteiger partial charge >= 0.3 is 0 Å². The van der Waals surface area contributed by atoms with Gasteiger partial charge in [0.1, 0.15) is 17.0 Å². The van der Waals surface area contributed by atoms with Crippen molar-refractivity contribution in [3.05, 3.63) is 65.7 Å². The van der Waals surface area contributed by atoms with E-state index in [2.05, 4.69) is 9.88 Å². The SMILES string of the molecule is COCOc1cc(-c2nc3ccc(Oc4ccc(Cl)cc4)cc3o2)ccc1OCCCN1CCCCC1. The maximum Gasteiger partial charge on any atom is 0.227 e. The molecule has 1 aliphatic heterocycles. The first-order valence-electron chi connectivity index (χ1n) is 12.6. The molecule has 0 N–H and O–H groups in total. The Labute approximate surface area is 221 Å². The molecule has 2 heterocycles. The van der Waals surface area contributed by atoms with Crippen LogP contribution in [0.5, 0.6) is 23.0 Å². The standard InChI is InChI=1S/C29H31ClN2O5/c1-33-20-35-28-18-21(6-13-26(28)34-17-5-16-32-14-3-2-4-15-32)29-31-25-12-11-24(19-27(25)37-29)36-23-9-7-22(30)8-10-23/h6-13,18-19H,2-5,14-17,20H2,1H3. The smallest absolute Gasteiger partial charge is 0.227 e. The molecule has 0 atom stereocenters. The van der Waals surface area contributed by atoms with Crippen LogP contribution in [-0.2, 0) is 4.74 Å². The van der Waals surface area contributed by atoms with Gasteiger partial charge in [-0.05, 0) is 86.9 Å². The molecule has 194 valence electrons. The van der Waals surface area contributed by atoms with E-state index in [1.807, 2.05) is 48.5 Å². The molecule has 37 heavy (non-hydrogen) atoms. The Morgan fingerprint density at radius 3 is 2.51 bits per heavy atom. The zero-order valence-electron chi connectivity index (χ0n) is 21.0. The van der Waals surface area contributed by atoms with Crippen LogP contribution < -0.4 is 14.2 Å². The Morgan fingerprint density at radius 1 is 0.892 bits per heavy atom. The number of hydrogen-bond donors (Lipinski definition) is 0. The summed E-state index contributed by atoms with van der Waals surface area (Å²) < 4.78 is 29.0. The quantitative estimate of drug-likeness (QED) is 0.153. The highest BCUT2D eigenvalue weighted by atomic mass is 35.5. The number of benzene rings is 3. The molecule has 1 aromatic heterocycles. The molecule has 3 aromatic carbocycles. The summed E-state index contributed by atoms with van der Waals surface area (Å²) in [7, 11) is 1.59. The third-order valence-electron chi connectivity index (χ3n) is 6.26. The van der Waals surface area contributed by atoms with E-state index in [4.69, 9.17) is 35.0 Å². The Kier molecular flexibility index (Phi) is 8.46. The molecule has 4 aromatic rings. The minimum Gasteiger partial charge on any atom is -0.490 e. The molecule has 1 saturated heterocycles. The molecule has 0 aliphatic carbocycles. The fourth-order valence-corrected chi connectivity index (χ4v) is 4.51. The number of aromatic nitrogens is 1. The summed E-state index contributed by atoms with van der Waals surface area (Å²) in [5.74, 6) is 3.09. The van der Waals surface area contributed by atoms with Crippen molar-refractivity contribution < 1.29 is 23.4 Å². The summed E-state index contributed by atoms with van der Waals surface area (Å²) in [5, 5.41) is 0.658. The second-order valence-corrected chi connectivity index (χ2v) is 9.46. The van der Waals surface area contributed by atoms with Crippen LogP contribution in [0.25, 0.3) is 22.6 Å². The Balaban J connectivity index is 1.28. The number of fused-ring (bicyclic) bond motifs is 1. The van der Waals surface area contributed by atoms with Crippen molar-refractivity contribution in [3.8, 4) is 34.5 Å². The molecule has 1 aliphatic rings. The fourth-order valence-electron chi connectivity index (χ4n) is 4.38. The summed E-state index contributed by atoms with van der Waals surface area (Å²) in [6.45, 7) is 4.18. The van der Waals surface area contributed by atoms with Crippen molar-refractivity contribution in [1.82, 2.24) is 9.88 Å². The summed E-state index contributed by atoms with van der Waals surface area (Å²) in [5.41, 5.74) is 2.14. The number of likely N-dealkylation sites (tertiary alicyclic amines) is 1. The molecule has 5 rings (SSSR count). The summed E-state index contributed by atoms with van der Waals surface area (Å²) >= 11 is 5.96. The molecular weight excluding hydrogens is 492 g/mol. The molecule has 0 radical (unpaired) electrons. The van der Waals surface area contributed by atoms with E-state index in [9.17, 15) is 0 Å². The minimum absolute atomic E-state index is 0.118. The average molecular weight is 523 g/mol. The number of nitrogens with zero attached hydrogens (tertiary/aromatic N) is 2. The Hall–Kier alpha value is -3.26. The van der Waals surface area contributed by atoms with Gasteiger partial charge in [0.15, 0.2) is 23.9 Å². The zero-order valence-corrected chi connectivity index (χ0v) is 21.7. The summed E-state index contributed by atoms with van der Waals surface area (Å²) in [6, 6.07) is 18.4. The van der Waals surface area contributed by atoms with Gasteiger partial charge in [-0.25, -0.2) is 4.98 Å². The first kappa shape index (κ1) is 25.4. The highest BCUT2D eigenvalue weighted by Crippen LogP contribution is 2.35. The maximum absolute atomic E-state index is 6.07. The van der Waals surface area contributed by atoms with Crippen molar-refractivity contribution in [2.75, 3.05) is 40.1 Å². The zero-order chi connectivity index (χ0) is 25.5. The molecule has 1 fully saturated rings. The van der Waals surface area contributed by atoms with E-state index < -0.39 is 0 Å². The van der Waals surface area contributed by atoms with Crippen molar-refractivity contribution in [2.45, 2.75) is 25.7 Å². The maximum atomic E-state index is 6.07. The van der Waals surface area contributed by atoms with Gasteiger partial charge in [-0.2, -0.15) is 0 Å². The molecule has 0 unspecified atom stereocenters. The largest absolute Gasteiger partial charge is 0.490 e. The molecule has 7 nitrogen and oxygen atoms in total. The van der Waals surface area contributed by atoms with Gasteiger partial charge in [-0.3, -0.25) is 0 Å². The number of oxazole rings is 1. The van der Waals surface area contributed by atoms with Crippen molar-refractivity contribution in [3.63, 3.8) is 0 Å². The second kappa shape index (κ2) is 12.3. The van der Waals surface area contributed by atoms with Crippen LogP contribution in [0, 0.1) is 0 Å². The third kappa shape index (κ3) is 6.74. The lowest BCUT2D eigenvalue weighted by Crippen LogP contribution is -2.31. The normalized spacial score (nSPS) is 14.1. The van der Waals surface area contributed by atoms with Gasteiger partial charge in [0, 0.05) is 30.3 Å². The lowest BCUT2D eigenvalue weighted by atomic mass is 10.1. The van der Waals surface area contributed by atoms with Gasteiger partial charge in [-0.15, -0.1) is 0 Å². The Bertz CT molecular complexity index is 1300. The van der Waals surface area contributed by atoms with Crippen LogP contribution in [0.1, 0.15) is 25.7 Å². The van der Waals surface area contributed by atoms with Crippen molar-refractivity contribution in [2.24, 2.45) is 0 Å². The van der Waals surface area contributed by atoms with Gasteiger partial charge in [-0.1, -0.05) is 18.0 Å². The molecule has 0 saturated carbocycles. The number of methoxy groups -OCH3 is 1. The van der Waals surface area contributed by atoms with Crippen LogP contribution in [0.15, 0.2) is 65.1 Å². The molecular formula is C29H31ClN2O5. The van der Waals surface area contributed by atoms with E-state index in [0.29, 0.717) is 46.1 Å². The van der Waals surface area contributed by atoms with E-state index in [-0.39, 0.29) is 6.79 Å². The summed E-state index contributed by atoms with van der Waals surface area (Å²) in [4.78, 5) is 7.16. The molecule has 8 heteroatoms. The van der Waals surface area contributed by atoms with Crippen molar-refractivity contribution in [1.29, 1.82) is 0 Å². The van der Waals surface area contributed by atoms with Crippen molar-refractivity contribution >= 4 is 22.7 Å². The van der Waals surface area contributed by atoms with E-state index in [1.165, 1.54) is 32.4 Å². The van der Waals surface area contributed by atoms with Gasteiger partial charge in [0.25, 0.3) is 0 Å². The van der Waals surface area contributed by atoms with Crippen LogP contribution in [0.2, 0.25) is 5.02 Å². The topological polar surface area (TPSA) is 66.2 Å². The second-order valence-electron chi connectivity index (χ2n) is 9.02. The monoisotopic (exact) mass is 522 g/mol. The third-order valence-corrected chi connectivity index (χ3v) is 6.51. The summed E-state index contributed by atoms with van der Waals surface area (Å²) in [6.07, 6.45) is 4.91. The number of halogens is 1. The highest BCUT2D eigenvalue weighted by Gasteiger charge is 2.15. The molecule has 0 bridgehead atoms. The number of hydrogen-bond acceptors (Lipinski definition) is 7. The molecule has 0 amide bonds. The van der Waals surface area contributed by atoms with Crippen LogP contribution in [0.4, 0.5) is 0 Å². The number of piperidine rings is 1. The van der Waals surface area contributed by atoms with E-state index >= 15 is 0 Å². The van der Waals surface area contributed by atoms with Crippen LogP contribution in [-0.4, -0.2) is 50.0 Å². The lowest BCUT2D eigenvalue weighted by molar-refractivity contribution is 0.0485. The van der Waals surface area contributed by atoms with Gasteiger partial charge in [0.2, 0.25) is 5.89 Å². The highest BCUT2D eigenvalue weighted by molar-refractivity contribution is 6.30.